The maximum absolute atomic E-state index is 9.99. The van der Waals surface area contributed by atoms with Crippen molar-refractivity contribution in [2.24, 2.45) is 0 Å². The van der Waals surface area contributed by atoms with E-state index in [1.807, 2.05) is 13.8 Å². The van der Waals surface area contributed by atoms with Crippen molar-refractivity contribution in [3.63, 3.8) is 0 Å². The second-order valence-corrected chi connectivity index (χ2v) is 6.00. The lowest BCUT2D eigenvalue weighted by molar-refractivity contribution is 0.403. The zero-order chi connectivity index (χ0) is 17.1. The molecule has 0 fully saturated rings. The van der Waals surface area contributed by atoms with Gasteiger partial charge in [-0.2, -0.15) is 0 Å². The van der Waals surface area contributed by atoms with E-state index in [-0.39, 0.29) is 28.9 Å². The maximum Gasteiger partial charge on any atom is 0.157 e. The van der Waals surface area contributed by atoms with Crippen LogP contribution in [0.25, 0.3) is 0 Å². The number of nitrogens with one attached hydrogen (secondary N) is 1. The summed E-state index contributed by atoms with van der Waals surface area (Å²) in [7, 11) is 0. The van der Waals surface area contributed by atoms with E-state index in [2.05, 4.69) is 5.32 Å². The molecule has 6 heteroatoms. The largest absolute Gasteiger partial charge is 0.508 e. The van der Waals surface area contributed by atoms with Gasteiger partial charge >= 0.3 is 0 Å². The molecular weight excluding hydrogens is 314 g/mol. The van der Waals surface area contributed by atoms with Gasteiger partial charge in [0.25, 0.3) is 0 Å². The standard InChI is InChI=1S/C17H19NO4S/c1-9(2)11-6-12(15(21)7-14(11)20)17(23)18-8-10-3-4-13(19)16(22)5-10/h3-7,9,19-22H,8H2,1-2H3,(H,18,23). The zero-order valence-corrected chi connectivity index (χ0v) is 13.7. The van der Waals surface area contributed by atoms with Crippen molar-refractivity contribution in [2.75, 3.05) is 0 Å². The predicted octanol–water partition coefficient (Wildman–Crippen LogP) is 3.10. The van der Waals surface area contributed by atoms with Gasteiger partial charge in [0.15, 0.2) is 11.5 Å². The molecule has 23 heavy (non-hydrogen) atoms. The van der Waals surface area contributed by atoms with E-state index in [1.54, 1.807) is 12.1 Å². The monoisotopic (exact) mass is 333 g/mol. The highest BCUT2D eigenvalue weighted by atomic mass is 32.1. The van der Waals surface area contributed by atoms with Gasteiger partial charge in [0.2, 0.25) is 0 Å². The van der Waals surface area contributed by atoms with Crippen LogP contribution in [0.2, 0.25) is 0 Å². The van der Waals surface area contributed by atoms with E-state index in [1.165, 1.54) is 18.2 Å². The minimum Gasteiger partial charge on any atom is -0.508 e. The summed E-state index contributed by atoms with van der Waals surface area (Å²) in [4.78, 5) is 0.331. The van der Waals surface area contributed by atoms with E-state index < -0.39 is 0 Å². The first-order chi connectivity index (χ1) is 10.8. The van der Waals surface area contributed by atoms with Crippen molar-refractivity contribution < 1.29 is 20.4 Å². The molecule has 0 saturated carbocycles. The molecule has 0 aliphatic carbocycles. The first kappa shape index (κ1) is 16.9. The molecule has 5 nitrogen and oxygen atoms in total. The molecule has 0 unspecified atom stereocenters. The quantitative estimate of drug-likeness (QED) is 0.436. The average Bonchev–Trinajstić information content (AvgIpc) is 2.47. The number of hydrogen-bond donors (Lipinski definition) is 5. The van der Waals surface area contributed by atoms with Crippen molar-refractivity contribution in [1.82, 2.24) is 5.32 Å². The normalized spacial score (nSPS) is 10.7. The minimum absolute atomic E-state index is 0.0347. The second kappa shape index (κ2) is 6.75. The van der Waals surface area contributed by atoms with Crippen LogP contribution in [0.5, 0.6) is 23.0 Å². The Morgan fingerprint density at radius 2 is 1.65 bits per heavy atom. The summed E-state index contributed by atoms with van der Waals surface area (Å²) in [6.07, 6.45) is 0. The van der Waals surface area contributed by atoms with Gasteiger partial charge in [-0.1, -0.05) is 32.1 Å². The molecular formula is C17H19NO4S. The molecule has 2 rings (SSSR count). The maximum atomic E-state index is 9.99. The summed E-state index contributed by atoms with van der Waals surface area (Å²) in [5.41, 5.74) is 1.86. The molecule has 0 aliphatic heterocycles. The summed E-state index contributed by atoms with van der Waals surface area (Å²) in [6.45, 7) is 4.20. The molecule has 0 aliphatic rings. The van der Waals surface area contributed by atoms with Gasteiger partial charge in [-0.25, -0.2) is 0 Å². The molecule has 0 saturated heterocycles. The van der Waals surface area contributed by atoms with Crippen LogP contribution in [0.15, 0.2) is 30.3 Å². The smallest absolute Gasteiger partial charge is 0.157 e. The fourth-order valence-corrected chi connectivity index (χ4v) is 2.43. The van der Waals surface area contributed by atoms with Crippen LogP contribution in [0.3, 0.4) is 0 Å². The van der Waals surface area contributed by atoms with E-state index in [9.17, 15) is 20.4 Å². The lowest BCUT2D eigenvalue weighted by Gasteiger charge is -2.14. The number of aromatic hydroxyl groups is 4. The highest BCUT2D eigenvalue weighted by Crippen LogP contribution is 2.32. The van der Waals surface area contributed by atoms with Crippen LogP contribution in [-0.4, -0.2) is 25.4 Å². The Bertz CT molecular complexity index is 744. The number of hydrogen-bond acceptors (Lipinski definition) is 5. The molecule has 2 aromatic rings. The second-order valence-electron chi connectivity index (χ2n) is 5.59. The number of rotatable bonds is 4. The third-order valence-electron chi connectivity index (χ3n) is 3.50. The average molecular weight is 333 g/mol. The summed E-state index contributed by atoms with van der Waals surface area (Å²) < 4.78 is 0. The first-order valence-corrected chi connectivity index (χ1v) is 7.55. The summed E-state index contributed by atoms with van der Waals surface area (Å²) in [6, 6.07) is 7.43. The Kier molecular flexibility index (Phi) is 4.95. The van der Waals surface area contributed by atoms with Gasteiger partial charge in [-0.05, 0) is 35.2 Å². The van der Waals surface area contributed by atoms with Crippen molar-refractivity contribution in [3.05, 3.63) is 47.0 Å². The Labute approximate surface area is 139 Å². The SMILES string of the molecule is CC(C)c1cc(C(=S)NCc2ccc(O)c(O)c2)c(O)cc1O. The predicted molar refractivity (Wildman–Crippen MR) is 92.2 cm³/mol. The van der Waals surface area contributed by atoms with Gasteiger partial charge in [-0.3, -0.25) is 0 Å². The lowest BCUT2D eigenvalue weighted by Crippen LogP contribution is -2.22. The molecule has 5 N–H and O–H groups in total. The third kappa shape index (κ3) is 3.84. The molecule has 0 amide bonds. The van der Waals surface area contributed by atoms with Crippen molar-refractivity contribution in [3.8, 4) is 23.0 Å². The van der Waals surface area contributed by atoms with Crippen LogP contribution in [-0.2, 0) is 6.54 Å². The van der Waals surface area contributed by atoms with E-state index in [4.69, 9.17) is 12.2 Å². The van der Waals surface area contributed by atoms with Crippen LogP contribution in [0.1, 0.15) is 36.5 Å². The van der Waals surface area contributed by atoms with Gasteiger partial charge in [0, 0.05) is 12.6 Å². The lowest BCUT2D eigenvalue weighted by atomic mass is 9.99. The molecule has 2 aromatic carbocycles. The van der Waals surface area contributed by atoms with Crippen LogP contribution in [0, 0.1) is 0 Å². The molecule has 0 atom stereocenters. The highest BCUT2D eigenvalue weighted by molar-refractivity contribution is 7.80. The van der Waals surface area contributed by atoms with E-state index in [0.717, 1.165) is 5.56 Å². The number of phenols is 4. The molecule has 0 radical (unpaired) electrons. The topological polar surface area (TPSA) is 93.0 Å². The van der Waals surface area contributed by atoms with E-state index in [0.29, 0.717) is 22.7 Å². The van der Waals surface area contributed by atoms with Gasteiger partial charge in [-0.15, -0.1) is 0 Å². The van der Waals surface area contributed by atoms with Crippen LogP contribution in [0.4, 0.5) is 0 Å². The van der Waals surface area contributed by atoms with Crippen LogP contribution >= 0.6 is 12.2 Å². The van der Waals surface area contributed by atoms with E-state index >= 15 is 0 Å². The highest BCUT2D eigenvalue weighted by Gasteiger charge is 2.14. The molecule has 0 bridgehead atoms. The summed E-state index contributed by atoms with van der Waals surface area (Å²) >= 11 is 5.29. The van der Waals surface area contributed by atoms with Gasteiger partial charge in [0.1, 0.15) is 16.5 Å². The van der Waals surface area contributed by atoms with Gasteiger partial charge in [0.05, 0.1) is 5.56 Å². The minimum atomic E-state index is -0.204. The molecule has 0 aromatic heterocycles. The molecule has 0 heterocycles. The van der Waals surface area contributed by atoms with Crippen LogP contribution < -0.4 is 5.32 Å². The molecule has 0 spiro atoms. The Hall–Kier alpha value is -2.47. The summed E-state index contributed by atoms with van der Waals surface area (Å²) in [5, 5.41) is 41.6. The first-order valence-electron chi connectivity index (χ1n) is 7.14. The number of phenolic OH excluding ortho intramolecular Hbond substituents is 4. The fraction of sp³-hybridized carbons (Fsp3) is 0.235. The summed E-state index contributed by atoms with van der Waals surface area (Å²) in [5.74, 6) is -0.365. The van der Waals surface area contributed by atoms with Crippen molar-refractivity contribution >= 4 is 17.2 Å². The number of benzene rings is 2. The number of thiocarbonyl (C=S) groups is 1. The Morgan fingerprint density at radius 3 is 2.26 bits per heavy atom. The Balaban J connectivity index is 2.17. The zero-order valence-electron chi connectivity index (χ0n) is 12.9. The Morgan fingerprint density at radius 1 is 0.957 bits per heavy atom. The van der Waals surface area contributed by atoms with Crippen molar-refractivity contribution in [1.29, 1.82) is 0 Å². The molecule has 122 valence electrons. The third-order valence-corrected chi connectivity index (χ3v) is 3.87. The fourth-order valence-electron chi connectivity index (χ4n) is 2.19. The van der Waals surface area contributed by atoms with Crippen molar-refractivity contribution in [2.45, 2.75) is 26.3 Å². The van der Waals surface area contributed by atoms with Gasteiger partial charge < -0.3 is 25.7 Å².